The van der Waals surface area contributed by atoms with Gasteiger partial charge >= 0.3 is 0 Å². The summed E-state index contributed by atoms with van der Waals surface area (Å²) in [7, 11) is 0. The van der Waals surface area contributed by atoms with E-state index in [0.29, 0.717) is 24.6 Å². The first-order valence-electron chi connectivity index (χ1n) is 5.97. The SMILES string of the molecule is O=C(c1cccc(F)c1Br)N1CC(O)(C2CC2)C1. The van der Waals surface area contributed by atoms with Crippen LogP contribution in [-0.2, 0) is 0 Å². The fraction of sp³-hybridized carbons (Fsp3) is 0.462. The molecule has 1 saturated carbocycles. The molecule has 1 aromatic rings. The number of hydrogen-bond acceptors (Lipinski definition) is 2. The second-order valence-electron chi connectivity index (χ2n) is 5.14. The first-order chi connectivity index (χ1) is 8.51. The number of rotatable bonds is 2. The summed E-state index contributed by atoms with van der Waals surface area (Å²) in [6.45, 7) is 0.721. The third kappa shape index (κ3) is 1.86. The minimum atomic E-state index is -0.699. The van der Waals surface area contributed by atoms with Crippen LogP contribution in [0.2, 0.25) is 0 Å². The van der Waals surface area contributed by atoms with Gasteiger partial charge in [0.15, 0.2) is 0 Å². The molecule has 0 radical (unpaired) electrons. The highest BCUT2D eigenvalue weighted by Crippen LogP contribution is 2.44. The molecular formula is C13H13BrFNO2. The Kier molecular flexibility index (Phi) is 2.71. The largest absolute Gasteiger partial charge is 0.386 e. The molecule has 0 bridgehead atoms. The van der Waals surface area contributed by atoms with Gasteiger partial charge in [0.05, 0.1) is 23.1 Å². The van der Waals surface area contributed by atoms with Crippen LogP contribution >= 0.6 is 15.9 Å². The van der Waals surface area contributed by atoms with Crippen LogP contribution in [0.5, 0.6) is 0 Å². The van der Waals surface area contributed by atoms with Gasteiger partial charge in [-0.1, -0.05) is 6.07 Å². The molecule has 2 fully saturated rings. The number of nitrogens with zero attached hydrogens (tertiary/aromatic N) is 1. The summed E-state index contributed by atoms with van der Waals surface area (Å²) in [6.07, 6.45) is 2.09. The van der Waals surface area contributed by atoms with Crippen molar-refractivity contribution in [3.05, 3.63) is 34.1 Å². The van der Waals surface area contributed by atoms with Crippen molar-refractivity contribution in [2.24, 2.45) is 5.92 Å². The fourth-order valence-corrected chi connectivity index (χ4v) is 2.91. The number of hydrogen-bond donors (Lipinski definition) is 1. The number of aliphatic hydroxyl groups is 1. The van der Waals surface area contributed by atoms with Gasteiger partial charge in [0.25, 0.3) is 5.91 Å². The van der Waals surface area contributed by atoms with Crippen LogP contribution in [0.1, 0.15) is 23.2 Å². The summed E-state index contributed by atoms with van der Waals surface area (Å²) in [4.78, 5) is 13.7. The fourth-order valence-electron chi connectivity index (χ4n) is 2.48. The minimum Gasteiger partial charge on any atom is -0.386 e. The zero-order valence-corrected chi connectivity index (χ0v) is 11.3. The quantitative estimate of drug-likeness (QED) is 0.909. The standard InChI is InChI=1S/C13H13BrFNO2/c14-11-9(2-1-3-10(11)15)12(17)16-6-13(18,7-16)8-4-5-8/h1-3,8,18H,4-7H2. The zero-order chi connectivity index (χ0) is 12.9. The van der Waals surface area contributed by atoms with Crippen molar-refractivity contribution in [1.29, 1.82) is 0 Å². The van der Waals surface area contributed by atoms with Gasteiger partial charge in [0.2, 0.25) is 0 Å². The summed E-state index contributed by atoms with van der Waals surface area (Å²) < 4.78 is 13.5. The van der Waals surface area contributed by atoms with Gasteiger partial charge in [-0.25, -0.2) is 4.39 Å². The molecule has 96 valence electrons. The highest BCUT2D eigenvalue weighted by Gasteiger charge is 2.53. The van der Waals surface area contributed by atoms with Crippen molar-refractivity contribution in [3.63, 3.8) is 0 Å². The molecule has 2 aliphatic rings. The van der Waals surface area contributed by atoms with E-state index in [4.69, 9.17) is 0 Å². The summed E-state index contributed by atoms with van der Waals surface area (Å²) >= 11 is 3.09. The third-order valence-corrected chi connectivity index (χ3v) is 4.54. The van der Waals surface area contributed by atoms with E-state index in [1.54, 1.807) is 11.0 Å². The van der Waals surface area contributed by atoms with Gasteiger partial charge in [-0.05, 0) is 46.8 Å². The Morgan fingerprint density at radius 1 is 1.44 bits per heavy atom. The van der Waals surface area contributed by atoms with Crippen molar-refractivity contribution in [2.75, 3.05) is 13.1 Å². The molecule has 1 aliphatic carbocycles. The van der Waals surface area contributed by atoms with Gasteiger partial charge in [-0.3, -0.25) is 4.79 Å². The highest BCUT2D eigenvalue weighted by atomic mass is 79.9. The van der Waals surface area contributed by atoms with E-state index >= 15 is 0 Å². The average molecular weight is 314 g/mol. The van der Waals surface area contributed by atoms with Crippen LogP contribution in [0.3, 0.4) is 0 Å². The maximum atomic E-state index is 13.3. The Hall–Kier alpha value is -0.940. The van der Waals surface area contributed by atoms with Gasteiger partial charge in [-0.2, -0.15) is 0 Å². The molecule has 0 atom stereocenters. The lowest BCUT2D eigenvalue weighted by molar-refractivity contribution is -0.0958. The van der Waals surface area contributed by atoms with Crippen molar-refractivity contribution < 1.29 is 14.3 Å². The number of carbonyl (C=O) groups is 1. The summed E-state index contributed by atoms with van der Waals surface area (Å²) in [5.74, 6) is -0.331. The van der Waals surface area contributed by atoms with E-state index in [-0.39, 0.29) is 10.4 Å². The van der Waals surface area contributed by atoms with Crippen LogP contribution < -0.4 is 0 Å². The highest BCUT2D eigenvalue weighted by molar-refractivity contribution is 9.10. The summed E-state index contributed by atoms with van der Waals surface area (Å²) in [6, 6.07) is 4.40. The Balaban J connectivity index is 1.74. The van der Waals surface area contributed by atoms with Gasteiger partial charge in [0.1, 0.15) is 11.4 Å². The molecule has 0 spiro atoms. The molecule has 0 aromatic heterocycles. The van der Waals surface area contributed by atoms with Crippen molar-refractivity contribution in [3.8, 4) is 0 Å². The predicted octanol–water partition coefficient (Wildman–Crippen LogP) is 2.19. The number of β-amino-alcohol motifs (C(OH)–C–C–N with tert-alkyl or cyclic N) is 1. The lowest BCUT2D eigenvalue weighted by Crippen LogP contribution is -2.64. The molecule has 1 amide bonds. The Morgan fingerprint density at radius 2 is 2.11 bits per heavy atom. The summed E-state index contributed by atoms with van der Waals surface area (Å²) in [5, 5.41) is 10.2. The Morgan fingerprint density at radius 3 is 2.72 bits per heavy atom. The van der Waals surface area contributed by atoms with Crippen LogP contribution in [0.4, 0.5) is 4.39 Å². The normalized spacial score (nSPS) is 21.6. The molecule has 1 heterocycles. The van der Waals surface area contributed by atoms with Crippen LogP contribution in [0.15, 0.2) is 22.7 Å². The predicted molar refractivity (Wildman–Crippen MR) is 67.7 cm³/mol. The van der Waals surface area contributed by atoms with Crippen molar-refractivity contribution in [1.82, 2.24) is 4.90 Å². The molecule has 5 heteroatoms. The molecule has 3 rings (SSSR count). The Bertz CT molecular complexity index is 510. The lowest BCUT2D eigenvalue weighted by atomic mass is 9.88. The average Bonchev–Trinajstić information content (AvgIpc) is 3.12. The maximum absolute atomic E-state index is 13.3. The molecule has 1 aromatic carbocycles. The van der Waals surface area contributed by atoms with Crippen LogP contribution in [0, 0.1) is 11.7 Å². The second kappa shape index (κ2) is 4.03. The van der Waals surface area contributed by atoms with Gasteiger partial charge < -0.3 is 10.0 Å². The Labute approximate surface area is 113 Å². The minimum absolute atomic E-state index is 0.192. The topological polar surface area (TPSA) is 40.5 Å². The van der Waals surface area contributed by atoms with E-state index in [0.717, 1.165) is 12.8 Å². The molecular weight excluding hydrogens is 301 g/mol. The molecule has 0 unspecified atom stereocenters. The molecule has 3 nitrogen and oxygen atoms in total. The number of halogens is 2. The molecule has 1 aliphatic heterocycles. The molecule has 1 N–H and O–H groups in total. The van der Waals surface area contributed by atoms with E-state index < -0.39 is 11.4 Å². The number of likely N-dealkylation sites (tertiary alicyclic amines) is 1. The number of benzene rings is 1. The summed E-state index contributed by atoms with van der Waals surface area (Å²) in [5.41, 5.74) is -0.386. The second-order valence-corrected chi connectivity index (χ2v) is 5.93. The van der Waals surface area contributed by atoms with Crippen LogP contribution in [0.25, 0.3) is 0 Å². The first-order valence-corrected chi connectivity index (χ1v) is 6.76. The monoisotopic (exact) mass is 313 g/mol. The first kappa shape index (κ1) is 12.1. The molecule has 1 saturated heterocycles. The maximum Gasteiger partial charge on any atom is 0.255 e. The van der Waals surface area contributed by atoms with Gasteiger partial charge in [0, 0.05) is 0 Å². The van der Waals surface area contributed by atoms with E-state index in [1.807, 2.05) is 0 Å². The smallest absolute Gasteiger partial charge is 0.255 e. The van der Waals surface area contributed by atoms with Crippen molar-refractivity contribution >= 4 is 21.8 Å². The van der Waals surface area contributed by atoms with Crippen molar-refractivity contribution in [2.45, 2.75) is 18.4 Å². The number of carbonyl (C=O) groups excluding carboxylic acids is 1. The van der Waals surface area contributed by atoms with E-state index in [9.17, 15) is 14.3 Å². The van der Waals surface area contributed by atoms with Gasteiger partial charge in [-0.15, -0.1) is 0 Å². The third-order valence-electron chi connectivity index (χ3n) is 3.74. The molecule has 18 heavy (non-hydrogen) atoms. The zero-order valence-electron chi connectivity index (χ0n) is 9.70. The van der Waals surface area contributed by atoms with E-state index in [1.165, 1.54) is 12.1 Å². The number of amides is 1. The lowest BCUT2D eigenvalue weighted by Gasteiger charge is -2.47. The van der Waals surface area contributed by atoms with E-state index in [2.05, 4.69) is 15.9 Å². The van der Waals surface area contributed by atoms with Crippen LogP contribution in [-0.4, -0.2) is 34.6 Å².